The van der Waals surface area contributed by atoms with E-state index in [0.29, 0.717) is 18.8 Å². The molecule has 0 aliphatic carbocycles. The Balaban J connectivity index is 1.63. The van der Waals surface area contributed by atoms with Crippen LogP contribution in [0, 0.1) is 0 Å². The minimum atomic E-state index is 0.143. The molecule has 0 atom stereocenters. The first kappa shape index (κ1) is 13.6. The number of nitrogens with zero attached hydrogens (tertiary/aromatic N) is 6. The van der Waals surface area contributed by atoms with Crippen molar-refractivity contribution in [1.29, 1.82) is 0 Å². The van der Waals surface area contributed by atoms with Crippen LogP contribution in [0.4, 0.5) is 0 Å². The van der Waals surface area contributed by atoms with Gasteiger partial charge in [0.05, 0.1) is 6.54 Å². The van der Waals surface area contributed by atoms with Gasteiger partial charge in [0.2, 0.25) is 5.91 Å². The first-order valence-electron chi connectivity index (χ1n) is 6.99. The molecule has 1 amide bonds. The zero-order chi connectivity index (χ0) is 14.5. The molecule has 8 heteroatoms. The van der Waals surface area contributed by atoms with Gasteiger partial charge in [-0.05, 0) is 22.6 Å². The van der Waals surface area contributed by atoms with Crippen molar-refractivity contribution in [3.63, 3.8) is 0 Å². The molecule has 0 radical (unpaired) electrons. The van der Waals surface area contributed by atoms with Crippen LogP contribution in [0.15, 0.2) is 24.5 Å². The molecule has 1 aliphatic rings. The van der Waals surface area contributed by atoms with Crippen LogP contribution in [0.2, 0.25) is 0 Å². The Morgan fingerprint density at radius 3 is 2.95 bits per heavy atom. The number of tetrazole rings is 1. The van der Waals surface area contributed by atoms with E-state index in [-0.39, 0.29) is 5.91 Å². The summed E-state index contributed by atoms with van der Waals surface area (Å²) in [5.74, 6) is 0.778. The van der Waals surface area contributed by atoms with Gasteiger partial charge in [0.25, 0.3) is 0 Å². The predicted octanol–water partition coefficient (Wildman–Crippen LogP) is -0.443. The van der Waals surface area contributed by atoms with E-state index >= 15 is 0 Å². The molecular weight excluding hydrogens is 270 g/mol. The van der Waals surface area contributed by atoms with Crippen LogP contribution < -0.4 is 5.32 Å². The van der Waals surface area contributed by atoms with E-state index in [0.717, 1.165) is 31.7 Å². The highest BCUT2D eigenvalue weighted by Crippen LogP contribution is 2.13. The number of amides is 1. The van der Waals surface area contributed by atoms with Gasteiger partial charge in [-0.3, -0.25) is 9.78 Å². The molecule has 0 unspecified atom stereocenters. The second-order valence-electron chi connectivity index (χ2n) is 4.85. The number of carbonyl (C=O) groups excluding carboxylic acids is 1. The van der Waals surface area contributed by atoms with Crippen LogP contribution >= 0.6 is 0 Å². The fourth-order valence-electron chi connectivity index (χ4n) is 2.33. The fraction of sp³-hybridized carbons (Fsp3) is 0.462. The molecule has 0 saturated carbocycles. The molecule has 0 bridgehead atoms. The van der Waals surface area contributed by atoms with Crippen molar-refractivity contribution in [3.8, 4) is 11.4 Å². The Labute approximate surface area is 122 Å². The van der Waals surface area contributed by atoms with E-state index in [1.54, 1.807) is 17.1 Å². The molecule has 0 aromatic carbocycles. The van der Waals surface area contributed by atoms with Crippen LogP contribution in [-0.2, 0) is 11.3 Å². The molecular formula is C13H17N7O. The van der Waals surface area contributed by atoms with E-state index in [2.05, 4.69) is 25.8 Å². The van der Waals surface area contributed by atoms with E-state index in [4.69, 9.17) is 0 Å². The standard InChI is InChI=1S/C13H17N7O/c21-12(19-8-5-14-6-9-19)3-7-20-13(16-17-18-20)11-2-1-4-15-10-11/h1-2,4,10,14H,3,5-9H2. The van der Waals surface area contributed by atoms with Crippen molar-refractivity contribution >= 4 is 5.91 Å². The van der Waals surface area contributed by atoms with E-state index in [9.17, 15) is 4.79 Å². The van der Waals surface area contributed by atoms with Gasteiger partial charge in [0.15, 0.2) is 5.82 Å². The summed E-state index contributed by atoms with van der Waals surface area (Å²) in [5, 5.41) is 14.9. The lowest BCUT2D eigenvalue weighted by Crippen LogP contribution is -2.46. The highest BCUT2D eigenvalue weighted by molar-refractivity contribution is 5.76. The number of aryl methyl sites for hydroxylation is 1. The molecule has 8 nitrogen and oxygen atoms in total. The summed E-state index contributed by atoms with van der Waals surface area (Å²) in [6.07, 6.45) is 3.81. The van der Waals surface area contributed by atoms with Gasteiger partial charge in [0, 0.05) is 50.6 Å². The highest BCUT2D eigenvalue weighted by atomic mass is 16.2. The summed E-state index contributed by atoms with van der Waals surface area (Å²) in [4.78, 5) is 18.1. The summed E-state index contributed by atoms with van der Waals surface area (Å²) in [6, 6.07) is 3.73. The lowest BCUT2D eigenvalue weighted by molar-refractivity contribution is -0.132. The minimum Gasteiger partial charge on any atom is -0.340 e. The first-order valence-corrected chi connectivity index (χ1v) is 6.99. The third-order valence-electron chi connectivity index (χ3n) is 3.46. The third-order valence-corrected chi connectivity index (χ3v) is 3.46. The van der Waals surface area contributed by atoms with Gasteiger partial charge >= 0.3 is 0 Å². The SMILES string of the molecule is O=C(CCn1nnnc1-c1cccnc1)N1CCNCC1. The number of hydrogen-bond donors (Lipinski definition) is 1. The third kappa shape index (κ3) is 3.22. The number of aromatic nitrogens is 5. The summed E-state index contributed by atoms with van der Waals surface area (Å²) >= 11 is 0. The van der Waals surface area contributed by atoms with Crippen LogP contribution in [0.1, 0.15) is 6.42 Å². The molecule has 1 N–H and O–H groups in total. The normalized spacial score (nSPS) is 15.1. The van der Waals surface area contributed by atoms with E-state index in [1.165, 1.54) is 0 Å². The smallest absolute Gasteiger partial charge is 0.224 e. The van der Waals surface area contributed by atoms with E-state index in [1.807, 2.05) is 17.0 Å². The average molecular weight is 287 g/mol. The molecule has 1 saturated heterocycles. The Morgan fingerprint density at radius 2 is 2.19 bits per heavy atom. The number of pyridine rings is 1. The number of rotatable bonds is 4. The quantitative estimate of drug-likeness (QED) is 0.820. The van der Waals surface area contributed by atoms with Crippen molar-refractivity contribution < 1.29 is 4.79 Å². The van der Waals surface area contributed by atoms with Crippen molar-refractivity contribution in [2.45, 2.75) is 13.0 Å². The fourth-order valence-corrected chi connectivity index (χ4v) is 2.33. The maximum absolute atomic E-state index is 12.1. The van der Waals surface area contributed by atoms with Gasteiger partial charge in [-0.2, -0.15) is 0 Å². The van der Waals surface area contributed by atoms with E-state index < -0.39 is 0 Å². The minimum absolute atomic E-state index is 0.143. The molecule has 3 rings (SSSR count). The molecule has 1 aliphatic heterocycles. The van der Waals surface area contributed by atoms with Gasteiger partial charge in [-0.1, -0.05) is 0 Å². The summed E-state index contributed by atoms with van der Waals surface area (Å²) in [6.45, 7) is 3.73. The topological polar surface area (TPSA) is 88.8 Å². The lowest BCUT2D eigenvalue weighted by atomic mass is 10.2. The number of carbonyl (C=O) groups is 1. The maximum atomic E-state index is 12.1. The zero-order valence-corrected chi connectivity index (χ0v) is 11.6. The van der Waals surface area contributed by atoms with Gasteiger partial charge in [-0.25, -0.2) is 4.68 Å². The maximum Gasteiger partial charge on any atom is 0.224 e. The second-order valence-corrected chi connectivity index (χ2v) is 4.85. The molecule has 2 aromatic rings. The van der Waals surface area contributed by atoms with Crippen LogP contribution in [0.25, 0.3) is 11.4 Å². The Kier molecular flexibility index (Phi) is 4.15. The van der Waals surface area contributed by atoms with Crippen molar-refractivity contribution in [3.05, 3.63) is 24.5 Å². The molecule has 3 heterocycles. The van der Waals surface area contributed by atoms with Crippen molar-refractivity contribution in [1.82, 2.24) is 35.4 Å². The van der Waals surface area contributed by atoms with Gasteiger partial charge in [0.1, 0.15) is 0 Å². The van der Waals surface area contributed by atoms with Crippen LogP contribution in [0.3, 0.4) is 0 Å². The Hall–Kier alpha value is -2.35. The zero-order valence-electron chi connectivity index (χ0n) is 11.6. The number of nitrogens with one attached hydrogen (secondary N) is 1. The van der Waals surface area contributed by atoms with Crippen molar-refractivity contribution in [2.24, 2.45) is 0 Å². The predicted molar refractivity (Wildman–Crippen MR) is 75.1 cm³/mol. The Morgan fingerprint density at radius 1 is 1.33 bits per heavy atom. The summed E-state index contributed by atoms with van der Waals surface area (Å²) in [7, 11) is 0. The summed E-state index contributed by atoms with van der Waals surface area (Å²) in [5.41, 5.74) is 0.845. The van der Waals surface area contributed by atoms with Crippen molar-refractivity contribution in [2.75, 3.05) is 26.2 Å². The first-order chi connectivity index (χ1) is 10.3. The molecule has 1 fully saturated rings. The Bertz CT molecular complexity index is 592. The number of piperazine rings is 1. The summed E-state index contributed by atoms with van der Waals surface area (Å²) < 4.78 is 1.65. The highest BCUT2D eigenvalue weighted by Gasteiger charge is 2.17. The molecule has 110 valence electrons. The monoisotopic (exact) mass is 287 g/mol. The average Bonchev–Trinajstić information content (AvgIpc) is 3.03. The molecule has 2 aromatic heterocycles. The molecule has 0 spiro atoms. The van der Waals surface area contributed by atoms with Gasteiger partial charge in [-0.15, -0.1) is 5.10 Å². The molecule has 21 heavy (non-hydrogen) atoms. The van der Waals surface area contributed by atoms with Gasteiger partial charge < -0.3 is 10.2 Å². The van der Waals surface area contributed by atoms with Crippen LogP contribution in [-0.4, -0.2) is 62.2 Å². The number of hydrogen-bond acceptors (Lipinski definition) is 6. The lowest BCUT2D eigenvalue weighted by Gasteiger charge is -2.27. The largest absolute Gasteiger partial charge is 0.340 e. The second kappa shape index (κ2) is 6.40. The van der Waals surface area contributed by atoms with Crippen LogP contribution in [0.5, 0.6) is 0 Å².